The summed E-state index contributed by atoms with van der Waals surface area (Å²) in [7, 11) is 1.39. The van der Waals surface area contributed by atoms with Crippen molar-refractivity contribution >= 4 is 5.78 Å². The Kier molecular flexibility index (Phi) is 4.65. The second-order valence-corrected chi connectivity index (χ2v) is 2.97. The second-order valence-electron chi connectivity index (χ2n) is 2.97. The van der Waals surface area contributed by atoms with E-state index < -0.39 is 6.29 Å². The fraction of sp³-hybridized carbons (Fsp3) is 0.333. The second kappa shape index (κ2) is 6.01. The zero-order valence-electron chi connectivity index (χ0n) is 9.19. The first-order chi connectivity index (χ1) is 7.74. The highest BCUT2D eigenvalue weighted by Crippen LogP contribution is 2.12. The van der Waals surface area contributed by atoms with Crippen molar-refractivity contribution in [3.8, 4) is 6.07 Å². The number of ether oxygens (including phenoxy) is 2. The lowest BCUT2D eigenvalue weighted by Gasteiger charge is -2.14. The molecule has 1 unspecified atom stereocenters. The molecule has 83 valence electrons. The number of carbonyl (C=O) groups excluding carboxylic acids is 1. The minimum absolute atomic E-state index is 0.269. The number of ketones is 1. The van der Waals surface area contributed by atoms with E-state index in [1.54, 1.807) is 13.0 Å². The summed E-state index contributed by atoms with van der Waals surface area (Å²) < 4.78 is 10.0. The standard InChI is InChI=1S/C12H12NO3/c1-3-16-12(15-2)11(14)10-7-5-4-6-9(10)8-13/h4,6-7,12H,3H2,1-2H3. The average Bonchev–Trinajstić information content (AvgIpc) is 2.35. The van der Waals surface area contributed by atoms with E-state index in [-0.39, 0.29) is 11.3 Å². The van der Waals surface area contributed by atoms with Crippen LogP contribution >= 0.6 is 0 Å². The third-order valence-electron chi connectivity index (χ3n) is 2.00. The van der Waals surface area contributed by atoms with Crippen LogP contribution in [0.4, 0.5) is 0 Å². The van der Waals surface area contributed by atoms with E-state index in [4.69, 9.17) is 14.7 Å². The van der Waals surface area contributed by atoms with Gasteiger partial charge >= 0.3 is 0 Å². The Bertz CT molecular complexity index is 409. The average molecular weight is 218 g/mol. The van der Waals surface area contributed by atoms with Crippen molar-refractivity contribution in [2.75, 3.05) is 13.7 Å². The predicted molar refractivity (Wildman–Crippen MR) is 56.7 cm³/mol. The molecule has 0 aromatic heterocycles. The maximum Gasteiger partial charge on any atom is 0.222 e. The molecule has 0 N–H and O–H groups in total. The molecule has 0 saturated heterocycles. The van der Waals surface area contributed by atoms with Gasteiger partial charge in [-0.25, -0.2) is 0 Å². The van der Waals surface area contributed by atoms with Crippen molar-refractivity contribution in [2.45, 2.75) is 13.2 Å². The fourth-order valence-corrected chi connectivity index (χ4v) is 1.26. The van der Waals surface area contributed by atoms with Gasteiger partial charge in [0.2, 0.25) is 12.1 Å². The van der Waals surface area contributed by atoms with Gasteiger partial charge in [0.1, 0.15) is 0 Å². The van der Waals surface area contributed by atoms with Crippen molar-refractivity contribution < 1.29 is 14.3 Å². The normalized spacial score (nSPS) is 11.8. The monoisotopic (exact) mass is 218 g/mol. The van der Waals surface area contributed by atoms with Crippen LogP contribution in [0.3, 0.4) is 0 Å². The van der Waals surface area contributed by atoms with Gasteiger partial charge in [0.25, 0.3) is 0 Å². The lowest BCUT2D eigenvalue weighted by atomic mass is 10.0. The molecule has 0 aliphatic rings. The number of hydrogen-bond acceptors (Lipinski definition) is 4. The fourth-order valence-electron chi connectivity index (χ4n) is 1.26. The molecule has 0 bridgehead atoms. The first kappa shape index (κ1) is 12.4. The molecule has 16 heavy (non-hydrogen) atoms. The van der Waals surface area contributed by atoms with E-state index in [0.717, 1.165) is 0 Å². The summed E-state index contributed by atoms with van der Waals surface area (Å²) in [6.45, 7) is 2.13. The lowest BCUT2D eigenvalue weighted by molar-refractivity contribution is -0.0913. The van der Waals surface area contributed by atoms with Crippen LogP contribution in [0.1, 0.15) is 22.8 Å². The van der Waals surface area contributed by atoms with Crippen LogP contribution in [0.15, 0.2) is 18.2 Å². The molecule has 4 heteroatoms. The summed E-state index contributed by atoms with van der Waals surface area (Å²) in [6.07, 6.45) is -0.965. The lowest BCUT2D eigenvalue weighted by Crippen LogP contribution is -2.27. The van der Waals surface area contributed by atoms with Crippen LogP contribution < -0.4 is 0 Å². The number of rotatable bonds is 5. The van der Waals surface area contributed by atoms with E-state index in [1.165, 1.54) is 19.2 Å². The smallest absolute Gasteiger partial charge is 0.222 e. The van der Waals surface area contributed by atoms with Gasteiger partial charge in [0.05, 0.1) is 11.6 Å². The third kappa shape index (κ3) is 2.66. The molecule has 1 atom stereocenters. The zero-order valence-corrected chi connectivity index (χ0v) is 9.19. The number of nitriles is 1. The predicted octanol–water partition coefficient (Wildman–Crippen LogP) is 1.55. The quantitative estimate of drug-likeness (QED) is 0.555. The van der Waals surface area contributed by atoms with E-state index in [2.05, 4.69) is 6.07 Å². The minimum atomic E-state index is -0.965. The summed E-state index contributed by atoms with van der Waals surface area (Å²) >= 11 is 0. The third-order valence-corrected chi connectivity index (χ3v) is 2.00. The van der Waals surface area contributed by atoms with E-state index in [0.29, 0.717) is 12.2 Å². The zero-order chi connectivity index (χ0) is 12.0. The van der Waals surface area contributed by atoms with Crippen molar-refractivity contribution in [3.05, 3.63) is 35.4 Å². The molecule has 0 fully saturated rings. The Morgan fingerprint density at radius 3 is 3.00 bits per heavy atom. The largest absolute Gasteiger partial charge is 0.349 e. The molecule has 1 aromatic carbocycles. The molecular weight excluding hydrogens is 206 g/mol. The van der Waals surface area contributed by atoms with Crippen LogP contribution in [0.5, 0.6) is 0 Å². The van der Waals surface area contributed by atoms with Gasteiger partial charge in [-0.1, -0.05) is 6.07 Å². The molecular formula is C12H12NO3. The number of methoxy groups -OCH3 is 1. The van der Waals surface area contributed by atoms with Crippen molar-refractivity contribution in [3.63, 3.8) is 0 Å². The molecule has 1 aromatic rings. The maximum atomic E-state index is 11.9. The first-order valence-corrected chi connectivity index (χ1v) is 4.83. The molecule has 0 aliphatic heterocycles. The van der Waals surface area contributed by atoms with Crippen LogP contribution in [0.25, 0.3) is 0 Å². The molecule has 0 spiro atoms. The Morgan fingerprint density at radius 2 is 2.44 bits per heavy atom. The van der Waals surface area contributed by atoms with Crippen LogP contribution in [-0.2, 0) is 9.47 Å². The number of hydrogen-bond donors (Lipinski definition) is 0. The number of Topliss-reactive ketones (excluding diaryl/α,β-unsaturated/α-hetero) is 1. The van der Waals surface area contributed by atoms with Crippen molar-refractivity contribution in [1.29, 1.82) is 5.26 Å². The van der Waals surface area contributed by atoms with Gasteiger partial charge in [0.15, 0.2) is 0 Å². The Hall–Kier alpha value is -1.70. The van der Waals surface area contributed by atoms with Crippen molar-refractivity contribution in [2.24, 2.45) is 0 Å². The highest BCUT2D eigenvalue weighted by atomic mass is 16.7. The summed E-state index contributed by atoms with van der Waals surface area (Å²) in [5, 5.41) is 8.85. The van der Waals surface area contributed by atoms with Gasteiger partial charge in [-0.15, -0.1) is 0 Å². The Labute approximate surface area is 94.4 Å². The van der Waals surface area contributed by atoms with Gasteiger partial charge in [-0.2, -0.15) is 5.26 Å². The molecule has 1 radical (unpaired) electrons. The Morgan fingerprint density at radius 1 is 1.69 bits per heavy atom. The molecule has 0 heterocycles. The molecule has 0 saturated carbocycles. The first-order valence-electron chi connectivity index (χ1n) is 4.83. The molecule has 1 rings (SSSR count). The van der Waals surface area contributed by atoms with E-state index >= 15 is 0 Å². The van der Waals surface area contributed by atoms with Crippen LogP contribution in [0.2, 0.25) is 0 Å². The van der Waals surface area contributed by atoms with E-state index in [9.17, 15) is 4.79 Å². The summed E-state index contributed by atoms with van der Waals surface area (Å²) in [6, 6.07) is 9.28. The number of nitrogens with zero attached hydrogens (tertiary/aromatic N) is 1. The van der Waals surface area contributed by atoms with Gasteiger partial charge in [-0.05, 0) is 25.1 Å². The van der Waals surface area contributed by atoms with Gasteiger partial charge < -0.3 is 9.47 Å². The van der Waals surface area contributed by atoms with E-state index in [1.807, 2.05) is 6.07 Å². The number of benzene rings is 1. The van der Waals surface area contributed by atoms with Gasteiger partial charge in [0, 0.05) is 19.3 Å². The summed E-state index contributed by atoms with van der Waals surface area (Å²) in [5.74, 6) is -0.363. The van der Waals surface area contributed by atoms with Crippen LogP contribution in [0, 0.1) is 17.4 Å². The van der Waals surface area contributed by atoms with Crippen LogP contribution in [-0.4, -0.2) is 25.8 Å². The molecule has 0 amide bonds. The summed E-state index contributed by atoms with van der Waals surface area (Å²) in [4.78, 5) is 11.9. The molecule has 4 nitrogen and oxygen atoms in total. The topological polar surface area (TPSA) is 59.3 Å². The maximum absolute atomic E-state index is 11.9. The van der Waals surface area contributed by atoms with Gasteiger partial charge in [-0.3, -0.25) is 4.79 Å². The Balaban J connectivity index is 2.99. The van der Waals surface area contributed by atoms with Crippen molar-refractivity contribution in [1.82, 2.24) is 0 Å². The molecule has 0 aliphatic carbocycles. The SMILES string of the molecule is CCOC(OC)C(=O)c1c[c]ccc1C#N. The highest BCUT2D eigenvalue weighted by molar-refractivity contribution is 6.00. The summed E-state index contributed by atoms with van der Waals surface area (Å²) in [5.41, 5.74) is 0.566. The number of carbonyl (C=O) groups is 1. The highest BCUT2D eigenvalue weighted by Gasteiger charge is 2.22. The minimum Gasteiger partial charge on any atom is -0.349 e.